The number of rotatable bonds is 8. The highest BCUT2D eigenvalue weighted by Gasteiger charge is 2.09. The van der Waals surface area contributed by atoms with E-state index in [4.69, 9.17) is 0 Å². The predicted molar refractivity (Wildman–Crippen MR) is 120 cm³/mol. The van der Waals surface area contributed by atoms with E-state index in [0.29, 0.717) is 26.1 Å². The van der Waals surface area contributed by atoms with Crippen LogP contribution in [0.1, 0.15) is 24.5 Å². The van der Waals surface area contributed by atoms with Crippen molar-refractivity contribution < 1.29 is 4.79 Å². The predicted octanol–water partition coefficient (Wildman–Crippen LogP) is 3.47. The van der Waals surface area contributed by atoms with Crippen molar-refractivity contribution in [3.8, 4) is 0 Å². The summed E-state index contributed by atoms with van der Waals surface area (Å²) in [6.45, 7) is 4.65. The standard InChI is InChI=1S/C19H26N4OS.HI/c1-3-20-19(22-13-17-10-12-25-15-17)21-11-9-18(24)23(2)14-16-7-5-4-6-8-16;/h4-8,10,12,15H,3,9,11,13-14H2,1-2H3,(H2,20,21,22);1H. The normalized spacial score (nSPS) is 10.8. The number of amides is 1. The summed E-state index contributed by atoms with van der Waals surface area (Å²) in [6, 6.07) is 12.1. The van der Waals surface area contributed by atoms with Crippen molar-refractivity contribution in [3.63, 3.8) is 0 Å². The number of hydrogen-bond acceptors (Lipinski definition) is 3. The van der Waals surface area contributed by atoms with E-state index in [-0.39, 0.29) is 29.9 Å². The zero-order valence-electron chi connectivity index (χ0n) is 15.3. The zero-order chi connectivity index (χ0) is 17.9. The summed E-state index contributed by atoms with van der Waals surface area (Å²) in [5.74, 6) is 0.859. The number of nitrogens with zero attached hydrogens (tertiary/aromatic N) is 2. The topological polar surface area (TPSA) is 56.7 Å². The molecule has 0 bridgehead atoms. The summed E-state index contributed by atoms with van der Waals surface area (Å²) >= 11 is 1.67. The molecule has 5 nitrogen and oxygen atoms in total. The number of carbonyl (C=O) groups excluding carboxylic acids is 1. The van der Waals surface area contributed by atoms with E-state index in [1.165, 1.54) is 5.56 Å². The van der Waals surface area contributed by atoms with Gasteiger partial charge in [0.2, 0.25) is 5.91 Å². The van der Waals surface area contributed by atoms with Gasteiger partial charge in [-0.3, -0.25) is 4.79 Å². The first-order chi connectivity index (χ1) is 12.2. The van der Waals surface area contributed by atoms with Gasteiger partial charge in [-0.05, 0) is 34.9 Å². The Hall–Kier alpha value is -1.61. The summed E-state index contributed by atoms with van der Waals surface area (Å²) in [4.78, 5) is 18.6. The zero-order valence-corrected chi connectivity index (χ0v) is 18.4. The van der Waals surface area contributed by atoms with Gasteiger partial charge < -0.3 is 15.5 Å². The molecule has 2 aromatic rings. The van der Waals surface area contributed by atoms with E-state index in [1.54, 1.807) is 16.2 Å². The van der Waals surface area contributed by atoms with Crippen LogP contribution in [0.2, 0.25) is 0 Å². The van der Waals surface area contributed by atoms with Gasteiger partial charge in [0.25, 0.3) is 0 Å². The van der Waals surface area contributed by atoms with Crippen LogP contribution in [0.5, 0.6) is 0 Å². The van der Waals surface area contributed by atoms with Crippen LogP contribution in [0.4, 0.5) is 0 Å². The molecule has 7 heteroatoms. The monoisotopic (exact) mass is 486 g/mol. The Morgan fingerprint density at radius 2 is 1.92 bits per heavy atom. The number of guanidine groups is 1. The van der Waals surface area contributed by atoms with E-state index in [2.05, 4.69) is 27.1 Å². The molecule has 142 valence electrons. The number of nitrogens with one attached hydrogen (secondary N) is 2. The number of carbonyl (C=O) groups is 1. The SMILES string of the molecule is CCNC(=NCc1ccsc1)NCCC(=O)N(C)Cc1ccccc1.I. The summed E-state index contributed by atoms with van der Waals surface area (Å²) in [7, 11) is 1.84. The minimum absolute atomic E-state index is 0. The van der Waals surface area contributed by atoms with E-state index < -0.39 is 0 Å². The van der Waals surface area contributed by atoms with Gasteiger partial charge in [0.15, 0.2) is 5.96 Å². The highest BCUT2D eigenvalue weighted by atomic mass is 127. The lowest BCUT2D eigenvalue weighted by Crippen LogP contribution is -2.39. The lowest BCUT2D eigenvalue weighted by molar-refractivity contribution is -0.130. The third-order valence-corrected chi connectivity index (χ3v) is 4.40. The Morgan fingerprint density at radius 3 is 2.58 bits per heavy atom. The van der Waals surface area contributed by atoms with Crippen molar-refractivity contribution >= 4 is 47.2 Å². The maximum Gasteiger partial charge on any atom is 0.224 e. The molecule has 0 radical (unpaired) electrons. The molecule has 0 aliphatic rings. The number of halogens is 1. The molecule has 0 aliphatic carbocycles. The minimum atomic E-state index is 0. The Kier molecular flexibility index (Phi) is 11.0. The lowest BCUT2D eigenvalue weighted by Gasteiger charge is -2.18. The molecule has 0 aliphatic heterocycles. The number of aliphatic imine (C=N–C) groups is 1. The van der Waals surface area contributed by atoms with Gasteiger partial charge in [0, 0.05) is 33.1 Å². The highest BCUT2D eigenvalue weighted by molar-refractivity contribution is 14.0. The Balaban J connectivity index is 0.00000338. The number of hydrogen-bond donors (Lipinski definition) is 2. The van der Waals surface area contributed by atoms with Gasteiger partial charge in [-0.2, -0.15) is 11.3 Å². The molecule has 2 N–H and O–H groups in total. The molecule has 0 atom stereocenters. The van der Waals surface area contributed by atoms with Crippen molar-refractivity contribution in [3.05, 3.63) is 58.3 Å². The lowest BCUT2D eigenvalue weighted by atomic mass is 10.2. The molecule has 1 heterocycles. The highest BCUT2D eigenvalue weighted by Crippen LogP contribution is 2.07. The fraction of sp³-hybridized carbons (Fsp3) is 0.368. The Labute approximate surface area is 176 Å². The van der Waals surface area contributed by atoms with Gasteiger partial charge in [0.05, 0.1) is 6.54 Å². The maximum absolute atomic E-state index is 12.3. The van der Waals surface area contributed by atoms with Crippen LogP contribution < -0.4 is 10.6 Å². The third-order valence-electron chi connectivity index (χ3n) is 3.66. The molecular weight excluding hydrogens is 459 g/mol. The smallest absolute Gasteiger partial charge is 0.224 e. The molecule has 26 heavy (non-hydrogen) atoms. The minimum Gasteiger partial charge on any atom is -0.357 e. The Morgan fingerprint density at radius 1 is 1.15 bits per heavy atom. The summed E-state index contributed by atoms with van der Waals surface area (Å²) in [5.41, 5.74) is 2.33. The molecule has 2 rings (SSSR count). The first kappa shape index (κ1) is 22.4. The summed E-state index contributed by atoms with van der Waals surface area (Å²) in [5, 5.41) is 10.6. The molecule has 0 saturated heterocycles. The maximum atomic E-state index is 12.3. The third kappa shape index (κ3) is 8.18. The first-order valence-corrected chi connectivity index (χ1v) is 9.44. The average Bonchev–Trinajstić information content (AvgIpc) is 3.14. The van der Waals surface area contributed by atoms with E-state index in [1.807, 2.05) is 49.7 Å². The van der Waals surface area contributed by atoms with E-state index >= 15 is 0 Å². The molecule has 0 spiro atoms. The molecule has 0 fully saturated rings. The van der Waals surface area contributed by atoms with Gasteiger partial charge in [-0.15, -0.1) is 24.0 Å². The van der Waals surface area contributed by atoms with Crippen LogP contribution in [0, 0.1) is 0 Å². The van der Waals surface area contributed by atoms with Gasteiger partial charge in [-0.1, -0.05) is 30.3 Å². The second-order valence-corrected chi connectivity index (χ2v) is 6.52. The molecule has 1 aromatic carbocycles. The number of benzene rings is 1. The summed E-state index contributed by atoms with van der Waals surface area (Å²) in [6.07, 6.45) is 0.437. The molecule has 0 saturated carbocycles. The van der Waals surface area contributed by atoms with E-state index in [0.717, 1.165) is 18.1 Å². The second kappa shape index (κ2) is 12.7. The molecule has 0 unspecified atom stereocenters. The fourth-order valence-corrected chi connectivity index (χ4v) is 2.98. The quantitative estimate of drug-likeness (QED) is 0.342. The fourth-order valence-electron chi connectivity index (χ4n) is 2.32. The van der Waals surface area contributed by atoms with Crippen LogP contribution >= 0.6 is 35.3 Å². The Bertz CT molecular complexity index is 661. The van der Waals surface area contributed by atoms with Gasteiger partial charge >= 0.3 is 0 Å². The first-order valence-electron chi connectivity index (χ1n) is 8.50. The molecule has 1 amide bonds. The van der Waals surface area contributed by atoms with Crippen molar-refractivity contribution in [1.29, 1.82) is 0 Å². The number of thiophene rings is 1. The van der Waals surface area contributed by atoms with E-state index in [9.17, 15) is 4.79 Å². The molecular formula is C19H27IN4OS. The second-order valence-electron chi connectivity index (χ2n) is 5.74. The van der Waals surface area contributed by atoms with Crippen LogP contribution in [0.15, 0.2) is 52.2 Å². The largest absolute Gasteiger partial charge is 0.357 e. The van der Waals surface area contributed by atoms with Gasteiger partial charge in [0.1, 0.15) is 0 Å². The van der Waals surface area contributed by atoms with Gasteiger partial charge in [-0.25, -0.2) is 4.99 Å². The van der Waals surface area contributed by atoms with Crippen molar-refractivity contribution in [2.75, 3.05) is 20.1 Å². The molecule has 1 aromatic heterocycles. The van der Waals surface area contributed by atoms with Crippen molar-refractivity contribution in [2.24, 2.45) is 4.99 Å². The van der Waals surface area contributed by atoms with Crippen LogP contribution in [0.25, 0.3) is 0 Å². The average molecular weight is 486 g/mol. The van der Waals surface area contributed by atoms with Crippen molar-refractivity contribution in [2.45, 2.75) is 26.4 Å². The van der Waals surface area contributed by atoms with Crippen LogP contribution in [-0.2, 0) is 17.9 Å². The van der Waals surface area contributed by atoms with Crippen LogP contribution in [0.3, 0.4) is 0 Å². The van der Waals surface area contributed by atoms with Crippen LogP contribution in [-0.4, -0.2) is 36.9 Å². The van der Waals surface area contributed by atoms with Crippen molar-refractivity contribution in [1.82, 2.24) is 15.5 Å². The summed E-state index contributed by atoms with van der Waals surface area (Å²) < 4.78 is 0.